The number of hydrogen-bond donors (Lipinski definition) is 1. The predicted molar refractivity (Wildman–Crippen MR) is 46.2 cm³/mol. The van der Waals surface area contributed by atoms with Crippen molar-refractivity contribution in [1.29, 1.82) is 0 Å². The van der Waals surface area contributed by atoms with Crippen molar-refractivity contribution in [3.05, 3.63) is 29.4 Å². The first-order valence-corrected chi connectivity index (χ1v) is 3.75. The highest BCUT2D eigenvalue weighted by atomic mass is 35.5. The standard InChI is InChI=1S/C8H5ClN2O/c9-7-4-10-11-8-2-1-5(12)3-6(7)8/h1-4,12H. The van der Waals surface area contributed by atoms with Crippen LogP contribution in [0.15, 0.2) is 24.4 Å². The van der Waals surface area contributed by atoms with Gasteiger partial charge in [0.1, 0.15) is 5.75 Å². The summed E-state index contributed by atoms with van der Waals surface area (Å²) in [6.07, 6.45) is 1.45. The first kappa shape index (κ1) is 7.31. The monoisotopic (exact) mass is 180 g/mol. The molecule has 1 aromatic heterocycles. The van der Waals surface area contributed by atoms with Crippen molar-refractivity contribution in [1.82, 2.24) is 10.2 Å². The van der Waals surface area contributed by atoms with Gasteiger partial charge in [0.25, 0.3) is 0 Å². The Bertz CT molecular complexity index is 430. The predicted octanol–water partition coefficient (Wildman–Crippen LogP) is 1.99. The Labute approximate surface area is 73.6 Å². The van der Waals surface area contributed by atoms with E-state index in [0.29, 0.717) is 15.9 Å². The van der Waals surface area contributed by atoms with Crippen molar-refractivity contribution in [2.24, 2.45) is 0 Å². The summed E-state index contributed by atoms with van der Waals surface area (Å²) < 4.78 is 0. The number of nitrogens with zero attached hydrogens (tertiary/aromatic N) is 2. The molecule has 2 rings (SSSR count). The van der Waals surface area contributed by atoms with Crippen LogP contribution in [0.3, 0.4) is 0 Å². The van der Waals surface area contributed by atoms with Crippen LogP contribution in [0.2, 0.25) is 5.02 Å². The summed E-state index contributed by atoms with van der Waals surface area (Å²) in [7, 11) is 0. The fraction of sp³-hybridized carbons (Fsp3) is 0. The van der Waals surface area contributed by atoms with Crippen LogP contribution in [0.4, 0.5) is 0 Å². The maximum absolute atomic E-state index is 9.15. The van der Waals surface area contributed by atoms with Gasteiger partial charge in [-0.3, -0.25) is 0 Å². The SMILES string of the molecule is Oc1ccc2nncc(Cl)c2c1. The lowest BCUT2D eigenvalue weighted by atomic mass is 10.2. The third-order valence-corrected chi connectivity index (χ3v) is 1.88. The number of phenolic OH excluding ortho intramolecular Hbond substituents is 1. The van der Waals surface area contributed by atoms with Crippen LogP contribution in [-0.4, -0.2) is 15.3 Å². The van der Waals surface area contributed by atoms with E-state index in [4.69, 9.17) is 16.7 Å². The summed E-state index contributed by atoms with van der Waals surface area (Å²) in [4.78, 5) is 0. The number of phenols is 1. The lowest BCUT2D eigenvalue weighted by Gasteiger charge is -1.97. The van der Waals surface area contributed by atoms with Crippen LogP contribution in [0.5, 0.6) is 5.75 Å². The Morgan fingerprint density at radius 2 is 2.17 bits per heavy atom. The normalized spacial score (nSPS) is 10.4. The molecule has 4 heteroatoms. The fourth-order valence-corrected chi connectivity index (χ4v) is 1.21. The minimum Gasteiger partial charge on any atom is -0.508 e. The molecule has 0 aliphatic heterocycles. The van der Waals surface area contributed by atoms with Crippen LogP contribution >= 0.6 is 11.6 Å². The number of fused-ring (bicyclic) bond motifs is 1. The molecule has 2 aromatic rings. The Morgan fingerprint density at radius 1 is 1.33 bits per heavy atom. The van der Waals surface area contributed by atoms with Crippen molar-refractivity contribution in [3.8, 4) is 5.75 Å². The van der Waals surface area contributed by atoms with E-state index in [1.165, 1.54) is 6.20 Å². The number of halogens is 1. The van der Waals surface area contributed by atoms with Gasteiger partial charge in [-0.1, -0.05) is 11.6 Å². The summed E-state index contributed by atoms with van der Waals surface area (Å²) in [5.41, 5.74) is 0.681. The Balaban J connectivity index is 2.88. The molecule has 12 heavy (non-hydrogen) atoms. The third kappa shape index (κ3) is 1.08. The smallest absolute Gasteiger partial charge is 0.116 e. The Kier molecular flexibility index (Phi) is 1.59. The molecule has 0 aliphatic carbocycles. The number of aromatic hydroxyl groups is 1. The summed E-state index contributed by atoms with van der Waals surface area (Å²) in [5.74, 6) is 0.178. The van der Waals surface area contributed by atoms with Crippen molar-refractivity contribution < 1.29 is 5.11 Å². The van der Waals surface area contributed by atoms with E-state index in [9.17, 15) is 0 Å². The molecule has 0 radical (unpaired) electrons. The molecule has 0 aliphatic rings. The molecule has 0 bridgehead atoms. The van der Waals surface area contributed by atoms with Gasteiger partial charge < -0.3 is 5.11 Å². The maximum atomic E-state index is 9.15. The first-order valence-electron chi connectivity index (χ1n) is 3.37. The van der Waals surface area contributed by atoms with E-state index < -0.39 is 0 Å². The zero-order valence-electron chi connectivity index (χ0n) is 6.03. The van der Waals surface area contributed by atoms with Gasteiger partial charge in [0, 0.05) is 5.39 Å². The molecule has 0 saturated carbocycles. The van der Waals surface area contributed by atoms with Gasteiger partial charge in [-0.05, 0) is 18.2 Å². The lowest BCUT2D eigenvalue weighted by molar-refractivity contribution is 0.476. The van der Waals surface area contributed by atoms with Crippen molar-refractivity contribution in [2.75, 3.05) is 0 Å². The second-order valence-corrected chi connectivity index (χ2v) is 2.80. The average Bonchev–Trinajstić information content (AvgIpc) is 2.07. The molecular formula is C8H5ClN2O. The van der Waals surface area contributed by atoms with Crippen molar-refractivity contribution >= 4 is 22.5 Å². The summed E-state index contributed by atoms with van der Waals surface area (Å²) in [6.45, 7) is 0. The molecule has 0 atom stereocenters. The molecule has 0 unspecified atom stereocenters. The first-order chi connectivity index (χ1) is 5.77. The number of benzene rings is 1. The molecular weight excluding hydrogens is 176 g/mol. The van der Waals surface area contributed by atoms with Gasteiger partial charge in [-0.2, -0.15) is 10.2 Å². The van der Waals surface area contributed by atoms with Gasteiger partial charge in [-0.25, -0.2) is 0 Å². The van der Waals surface area contributed by atoms with Crippen LogP contribution in [-0.2, 0) is 0 Å². The molecule has 60 valence electrons. The van der Waals surface area contributed by atoms with E-state index in [2.05, 4.69) is 10.2 Å². The minimum absolute atomic E-state index is 0.178. The zero-order valence-corrected chi connectivity index (χ0v) is 6.78. The quantitative estimate of drug-likeness (QED) is 0.675. The summed E-state index contributed by atoms with van der Waals surface area (Å²) >= 11 is 5.82. The highest BCUT2D eigenvalue weighted by Crippen LogP contribution is 2.23. The van der Waals surface area contributed by atoms with Crippen LogP contribution in [0.25, 0.3) is 10.9 Å². The van der Waals surface area contributed by atoms with E-state index in [1.807, 2.05) is 0 Å². The molecule has 3 nitrogen and oxygen atoms in total. The van der Waals surface area contributed by atoms with Crippen LogP contribution < -0.4 is 0 Å². The van der Waals surface area contributed by atoms with Gasteiger partial charge in [0.2, 0.25) is 0 Å². The van der Waals surface area contributed by atoms with Crippen LogP contribution in [0.1, 0.15) is 0 Å². The van der Waals surface area contributed by atoms with Gasteiger partial charge in [0.15, 0.2) is 0 Å². The van der Waals surface area contributed by atoms with Gasteiger partial charge in [-0.15, -0.1) is 0 Å². The lowest BCUT2D eigenvalue weighted by Crippen LogP contribution is -1.82. The van der Waals surface area contributed by atoms with Crippen LogP contribution in [0, 0.1) is 0 Å². The Morgan fingerprint density at radius 3 is 3.00 bits per heavy atom. The number of aromatic nitrogens is 2. The fourth-order valence-electron chi connectivity index (χ4n) is 1.01. The highest BCUT2D eigenvalue weighted by molar-refractivity contribution is 6.35. The Hall–Kier alpha value is -1.35. The summed E-state index contributed by atoms with van der Waals surface area (Å²) in [5, 5.41) is 17.9. The van der Waals surface area contributed by atoms with E-state index in [-0.39, 0.29) is 5.75 Å². The van der Waals surface area contributed by atoms with Crippen molar-refractivity contribution in [3.63, 3.8) is 0 Å². The van der Waals surface area contributed by atoms with Gasteiger partial charge >= 0.3 is 0 Å². The number of hydrogen-bond acceptors (Lipinski definition) is 3. The van der Waals surface area contributed by atoms with E-state index in [0.717, 1.165) is 0 Å². The second-order valence-electron chi connectivity index (χ2n) is 2.39. The molecule has 0 fully saturated rings. The molecule has 1 N–H and O–H groups in total. The largest absolute Gasteiger partial charge is 0.508 e. The number of rotatable bonds is 0. The van der Waals surface area contributed by atoms with Crippen molar-refractivity contribution in [2.45, 2.75) is 0 Å². The second kappa shape index (κ2) is 2.60. The average molecular weight is 181 g/mol. The maximum Gasteiger partial charge on any atom is 0.116 e. The van der Waals surface area contributed by atoms with E-state index >= 15 is 0 Å². The highest BCUT2D eigenvalue weighted by Gasteiger charge is 2.00. The molecule has 0 spiro atoms. The zero-order chi connectivity index (χ0) is 8.55. The minimum atomic E-state index is 0.178. The topological polar surface area (TPSA) is 46.0 Å². The molecule has 0 amide bonds. The third-order valence-electron chi connectivity index (χ3n) is 1.57. The van der Waals surface area contributed by atoms with E-state index in [1.54, 1.807) is 18.2 Å². The van der Waals surface area contributed by atoms with Gasteiger partial charge in [0.05, 0.1) is 16.7 Å². The molecule has 1 heterocycles. The molecule has 0 saturated heterocycles. The molecule has 1 aromatic carbocycles. The summed E-state index contributed by atoms with van der Waals surface area (Å²) in [6, 6.07) is 4.78.